The van der Waals surface area contributed by atoms with Gasteiger partial charge in [-0.3, -0.25) is 4.79 Å². The third kappa shape index (κ3) is 5.03. The molecule has 0 aliphatic carbocycles. The summed E-state index contributed by atoms with van der Waals surface area (Å²) in [6.45, 7) is 3.18. The van der Waals surface area contributed by atoms with E-state index in [0.29, 0.717) is 13.1 Å². The molecule has 0 aromatic heterocycles. The molecule has 0 radical (unpaired) electrons. The highest BCUT2D eigenvalue weighted by molar-refractivity contribution is 7.99. The highest BCUT2D eigenvalue weighted by Crippen LogP contribution is 2.18. The fraction of sp³-hybridized carbons (Fsp3) is 0.316. The molecule has 1 amide bonds. The summed E-state index contributed by atoms with van der Waals surface area (Å²) < 4.78 is 5.19. The monoisotopic (exact) mass is 329 g/mol. The Morgan fingerprint density at radius 2 is 1.61 bits per heavy atom. The summed E-state index contributed by atoms with van der Waals surface area (Å²) in [5, 5.41) is -0.0445. The minimum Gasteiger partial charge on any atom is -0.497 e. The second kappa shape index (κ2) is 8.63. The topological polar surface area (TPSA) is 29.5 Å². The number of thioether (sulfide) groups is 1. The van der Waals surface area contributed by atoms with Gasteiger partial charge in [-0.15, -0.1) is 0 Å². The summed E-state index contributed by atoms with van der Waals surface area (Å²) in [6, 6.07) is 18.0. The lowest BCUT2D eigenvalue weighted by atomic mass is 10.1. The number of amides is 1. The summed E-state index contributed by atoms with van der Waals surface area (Å²) in [4.78, 5) is 14.6. The Labute approximate surface area is 142 Å². The molecule has 0 saturated heterocycles. The van der Waals surface area contributed by atoms with E-state index in [-0.39, 0.29) is 11.2 Å². The Bertz CT molecular complexity index is 613. The Morgan fingerprint density at radius 3 is 2.13 bits per heavy atom. The van der Waals surface area contributed by atoms with Gasteiger partial charge in [-0.1, -0.05) is 42.5 Å². The smallest absolute Gasteiger partial charge is 0.235 e. The number of rotatable bonds is 7. The Morgan fingerprint density at radius 1 is 1.04 bits per heavy atom. The molecular formula is C19H23NO2S. The van der Waals surface area contributed by atoms with Gasteiger partial charge in [0.1, 0.15) is 5.75 Å². The van der Waals surface area contributed by atoms with E-state index in [1.54, 1.807) is 18.9 Å². The van der Waals surface area contributed by atoms with Crippen molar-refractivity contribution in [1.29, 1.82) is 0 Å². The van der Waals surface area contributed by atoms with Gasteiger partial charge in [0.05, 0.1) is 12.4 Å². The molecule has 0 aliphatic heterocycles. The SMILES string of the molecule is COc1ccc(CN(Cc2ccccc2)C(=O)C(C)SC)cc1. The third-order valence-electron chi connectivity index (χ3n) is 3.76. The van der Waals surface area contributed by atoms with Crippen LogP contribution in [0.5, 0.6) is 5.75 Å². The number of carbonyl (C=O) groups excluding carboxylic acids is 1. The molecule has 1 atom stereocenters. The van der Waals surface area contributed by atoms with E-state index in [9.17, 15) is 4.79 Å². The molecule has 3 nitrogen and oxygen atoms in total. The quantitative estimate of drug-likeness (QED) is 0.769. The van der Waals surface area contributed by atoms with Crippen LogP contribution in [0.25, 0.3) is 0 Å². The second-order valence-corrected chi connectivity index (χ2v) is 6.58. The molecule has 0 spiro atoms. The minimum atomic E-state index is -0.0445. The van der Waals surface area contributed by atoms with Crippen LogP contribution in [0.3, 0.4) is 0 Å². The number of nitrogens with zero attached hydrogens (tertiary/aromatic N) is 1. The number of hydrogen-bond donors (Lipinski definition) is 0. The van der Waals surface area contributed by atoms with Crippen molar-refractivity contribution in [2.24, 2.45) is 0 Å². The molecule has 2 aromatic carbocycles. The maximum atomic E-state index is 12.7. The number of methoxy groups -OCH3 is 1. The van der Waals surface area contributed by atoms with Gasteiger partial charge in [-0.05, 0) is 36.4 Å². The molecular weight excluding hydrogens is 306 g/mol. The van der Waals surface area contributed by atoms with Gasteiger partial charge in [0.25, 0.3) is 0 Å². The zero-order chi connectivity index (χ0) is 16.7. The third-order valence-corrected chi connectivity index (χ3v) is 4.67. The highest BCUT2D eigenvalue weighted by atomic mass is 32.2. The van der Waals surface area contributed by atoms with Crippen LogP contribution < -0.4 is 4.74 Å². The lowest BCUT2D eigenvalue weighted by Gasteiger charge is -2.25. The summed E-state index contributed by atoms with van der Waals surface area (Å²) >= 11 is 1.58. The van der Waals surface area contributed by atoms with Gasteiger partial charge in [0, 0.05) is 13.1 Å². The fourth-order valence-electron chi connectivity index (χ4n) is 2.32. The molecule has 0 saturated carbocycles. The van der Waals surface area contributed by atoms with E-state index in [4.69, 9.17) is 4.74 Å². The predicted octanol–water partition coefficient (Wildman–Crippen LogP) is 3.98. The van der Waals surface area contributed by atoms with Gasteiger partial charge >= 0.3 is 0 Å². The molecule has 23 heavy (non-hydrogen) atoms. The second-order valence-electron chi connectivity index (χ2n) is 5.41. The lowest BCUT2D eigenvalue weighted by Crippen LogP contribution is -2.35. The molecule has 122 valence electrons. The van der Waals surface area contributed by atoms with Crippen molar-refractivity contribution in [1.82, 2.24) is 4.90 Å². The first-order valence-electron chi connectivity index (χ1n) is 7.62. The maximum absolute atomic E-state index is 12.7. The summed E-state index contributed by atoms with van der Waals surface area (Å²) in [5.41, 5.74) is 2.24. The lowest BCUT2D eigenvalue weighted by molar-refractivity contribution is -0.131. The van der Waals surface area contributed by atoms with Crippen LogP contribution in [-0.2, 0) is 17.9 Å². The van der Waals surface area contributed by atoms with Crippen molar-refractivity contribution >= 4 is 17.7 Å². The number of hydrogen-bond acceptors (Lipinski definition) is 3. The summed E-state index contributed by atoms with van der Waals surface area (Å²) in [7, 11) is 1.65. The Balaban J connectivity index is 2.16. The van der Waals surface area contributed by atoms with Gasteiger partial charge in [-0.25, -0.2) is 0 Å². The van der Waals surface area contributed by atoms with Crippen LogP contribution in [0, 0.1) is 0 Å². The van der Waals surface area contributed by atoms with E-state index in [1.807, 2.05) is 60.5 Å². The van der Waals surface area contributed by atoms with E-state index < -0.39 is 0 Å². The van der Waals surface area contributed by atoms with Crippen molar-refractivity contribution < 1.29 is 9.53 Å². The van der Waals surface area contributed by atoms with E-state index >= 15 is 0 Å². The van der Waals surface area contributed by atoms with E-state index in [2.05, 4.69) is 12.1 Å². The normalized spacial score (nSPS) is 11.8. The van der Waals surface area contributed by atoms with Crippen LogP contribution in [0.2, 0.25) is 0 Å². The molecule has 2 rings (SSSR count). The average Bonchev–Trinajstić information content (AvgIpc) is 2.61. The predicted molar refractivity (Wildman–Crippen MR) is 96.7 cm³/mol. The van der Waals surface area contributed by atoms with Crippen LogP contribution >= 0.6 is 11.8 Å². The first-order chi connectivity index (χ1) is 11.1. The highest BCUT2D eigenvalue weighted by Gasteiger charge is 2.20. The Hall–Kier alpha value is -1.94. The van der Waals surface area contributed by atoms with Crippen molar-refractivity contribution in [2.45, 2.75) is 25.3 Å². The summed E-state index contributed by atoms with van der Waals surface area (Å²) in [5.74, 6) is 0.990. The molecule has 0 aliphatic rings. The van der Waals surface area contributed by atoms with Crippen LogP contribution in [0.15, 0.2) is 54.6 Å². The Kier molecular flexibility index (Phi) is 6.53. The largest absolute Gasteiger partial charge is 0.497 e. The molecule has 0 bridgehead atoms. The molecule has 0 N–H and O–H groups in total. The van der Waals surface area contributed by atoms with Gasteiger partial charge in [0.15, 0.2) is 0 Å². The van der Waals surface area contributed by atoms with Gasteiger partial charge < -0.3 is 9.64 Å². The number of ether oxygens (including phenoxy) is 1. The van der Waals surface area contributed by atoms with E-state index in [0.717, 1.165) is 16.9 Å². The first kappa shape index (κ1) is 17.4. The number of benzene rings is 2. The zero-order valence-corrected chi connectivity index (χ0v) is 14.7. The van der Waals surface area contributed by atoms with Crippen molar-refractivity contribution in [3.8, 4) is 5.75 Å². The molecule has 0 heterocycles. The van der Waals surface area contributed by atoms with Crippen molar-refractivity contribution in [3.05, 3.63) is 65.7 Å². The van der Waals surface area contributed by atoms with Crippen LogP contribution in [0.1, 0.15) is 18.1 Å². The molecule has 2 aromatic rings. The number of carbonyl (C=O) groups is 1. The van der Waals surface area contributed by atoms with Crippen LogP contribution in [-0.4, -0.2) is 29.4 Å². The van der Waals surface area contributed by atoms with Crippen molar-refractivity contribution in [2.75, 3.05) is 13.4 Å². The van der Waals surface area contributed by atoms with Crippen LogP contribution in [0.4, 0.5) is 0 Å². The average molecular weight is 329 g/mol. The van der Waals surface area contributed by atoms with E-state index in [1.165, 1.54) is 0 Å². The standard InChI is InChI=1S/C19H23NO2S/c1-15(23-3)19(21)20(13-16-7-5-4-6-8-16)14-17-9-11-18(22-2)12-10-17/h4-12,15H,13-14H2,1-3H3. The molecule has 1 unspecified atom stereocenters. The zero-order valence-electron chi connectivity index (χ0n) is 13.9. The minimum absolute atomic E-state index is 0.0445. The molecule has 0 fully saturated rings. The fourth-order valence-corrected chi connectivity index (χ4v) is 2.68. The van der Waals surface area contributed by atoms with Crippen molar-refractivity contribution in [3.63, 3.8) is 0 Å². The maximum Gasteiger partial charge on any atom is 0.235 e. The first-order valence-corrected chi connectivity index (χ1v) is 8.91. The molecule has 4 heteroatoms. The van der Waals surface area contributed by atoms with Gasteiger partial charge in [0.2, 0.25) is 5.91 Å². The van der Waals surface area contributed by atoms with Gasteiger partial charge in [-0.2, -0.15) is 11.8 Å². The summed E-state index contributed by atoms with van der Waals surface area (Å²) in [6.07, 6.45) is 1.97.